The summed E-state index contributed by atoms with van der Waals surface area (Å²) in [6.07, 6.45) is 0. The zero-order valence-electron chi connectivity index (χ0n) is 13.4. The fraction of sp³-hybridized carbons (Fsp3) is 0.333. The van der Waals surface area contributed by atoms with Gasteiger partial charge >= 0.3 is 11.5 Å². The van der Waals surface area contributed by atoms with Gasteiger partial charge in [0.25, 0.3) is 5.91 Å². The smallest absolute Gasteiger partial charge is 0.446 e. The molecule has 0 radical (unpaired) electrons. The molecular weight excluding hydrogens is 397 g/mol. The molecule has 26 heavy (non-hydrogen) atoms. The molecule has 0 bridgehead atoms. The molecule has 6 nitrogen and oxygen atoms in total. The van der Waals surface area contributed by atoms with Gasteiger partial charge in [0.1, 0.15) is 5.70 Å². The average Bonchev–Trinajstić information content (AvgIpc) is 2.85. The molecule has 0 unspecified atom stereocenters. The highest BCUT2D eigenvalue weighted by molar-refractivity contribution is 8.00. The van der Waals surface area contributed by atoms with E-state index in [1.54, 1.807) is 0 Å². The van der Waals surface area contributed by atoms with Crippen LogP contribution >= 0.6 is 23.4 Å². The number of benzene rings is 1. The molecule has 1 aromatic rings. The van der Waals surface area contributed by atoms with Crippen molar-refractivity contribution in [2.24, 2.45) is 0 Å². The van der Waals surface area contributed by atoms with Gasteiger partial charge < -0.3 is 20.1 Å². The zero-order valence-corrected chi connectivity index (χ0v) is 15.0. The number of β-amino-alcohol motifs (C(OH)–C–C–N with tert-alkyl or cyclic N) is 1. The highest BCUT2D eigenvalue weighted by Crippen LogP contribution is 2.41. The predicted molar refractivity (Wildman–Crippen MR) is 89.7 cm³/mol. The molecule has 0 aromatic heterocycles. The Morgan fingerprint density at radius 3 is 2.69 bits per heavy atom. The number of amides is 1. The van der Waals surface area contributed by atoms with Gasteiger partial charge in [-0.25, -0.2) is 4.79 Å². The second-order valence-electron chi connectivity index (χ2n) is 5.11. The van der Waals surface area contributed by atoms with E-state index in [9.17, 15) is 22.8 Å². The Labute approximate surface area is 155 Å². The topological polar surface area (TPSA) is 78.9 Å². The molecule has 0 saturated carbocycles. The first-order valence-electron chi connectivity index (χ1n) is 7.20. The number of thioether (sulfide) groups is 1. The largest absolute Gasteiger partial charge is 0.466 e. The monoisotopic (exact) mass is 410 g/mol. The van der Waals surface area contributed by atoms with Crippen LogP contribution in [0.1, 0.15) is 0 Å². The minimum Gasteiger partial charge on any atom is -0.466 e. The number of rotatable bonds is 6. The van der Waals surface area contributed by atoms with Gasteiger partial charge in [0.05, 0.1) is 30.9 Å². The number of carbonyl (C=O) groups excluding carboxylic acids is 2. The van der Waals surface area contributed by atoms with Gasteiger partial charge in [-0.2, -0.15) is 13.2 Å². The number of nitrogens with zero attached hydrogens (tertiary/aromatic N) is 1. The van der Waals surface area contributed by atoms with Crippen molar-refractivity contribution < 1.29 is 32.6 Å². The molecule has 1 amide bonds. The second kappa shape index (κ2) is 8.19. The molecular formula is C15H14ClF3N2O4S. The van der Waals surface area contributed by atoms with Crippen molar-refractivity contribution in [1.82, 2.24) is 4.90 Å². The van der Waals surface area contributed by atoms with Crippen molar-refractivity contribution in [3.8, 4) is 0 Å². The van der Waals surface area contributed by atoms with Crippen LogP contribution in [0.25, 0.3) is 0 Å². The summed E-state index contributed by atoms with van der Waals surface area (Å²) in [4.78, 5) is 25.3. The molecule has 0 aliphatic carbocycles. The van der Waals surface area contributed by atoms with E-state index in [1.165, 1.54) is 17.0 Å². The number of ether oxygens (including phenoxy) is 1. The summed E-state index contributed by atoms with van der Waals surface area (Å²) < 4.78 is 42.0. The lowest BCUT2D eigenvalue weighted by Crippen LogP contribution is -2.31. The van der Waals surface area contributed by atoms with Crippen molar-refractivity contribution in [1.29, 1.82) is 0 Å². The third-order valence-corrected chi connectivity index (χ3v) is 4.61. The standard InChI is InChI=1S/C15H14ClF3N2O4S/c1-25-14(24)9-7-21(4-5-22)13(23)12(9)20-8-2-3-11(10(16)6-8)26-15(17,18)19/h2-3,6,20,22H,4-5,7H2,1H3. The van der Waals surface area contributed by atoms with Crippen molar-refractivity contribution in [3.63, 3.8) is 0 Å². The van der Waals surface area contributed by atoms with Crippen LogP contribution in [0.4, 0.5) is 18.9 Å². The molecule has 1 aliphatic rings. The number of methoxy groups -OCH3 is 1. The lowest BCUT2D eigenvalue weighted by atomic mass is 10.2. The minimum atomic E-state index is -4.48. The first kappa shape index (κ1) is 20.4. The summed E-state index contributed by atoms with van der Waals surface area (Å²) in [5.41, 5.74) is -4.27. The molecule has 0 atom stereocenters. The number of halogens is 4. The van der Waals surface area contributed by atoms with Gasteiger partial charge in [-0.1, -0.05) is 11.6 Å². The van der Waals surface area contributed by atoms with E-state index >= 15 is 0 Å². The van der Waals surface area contributed by atoms with Gasteiger partial charge in [-0.15, -0.1) is 0 Å². The lowest BCUT2D eigenvalue weighted by Gasteiger charge is -2.15. The molecule has 0 spiro atoms. The average molecular weight is 411 g/mol. The third-order valence-electron chi connectivity index (χ3n) is 3.38. The summed E-state index contributed by atoms with van der Waals surface area (Å²) in [6, 6.07) is 3.69. The highest BCUT2D eigenvalue weighted by Gasteiger charge is 2.35. The predicted octanol–water partition coefficient (Wildman–Crippen LogP) is 2.63. The van der Waals surface area contributed by atoms with Crippen LogP contribution in [0.5, 0.6) is 0 Å². The molecule has 1 aromatic carbocycles. The number of hydrogen-bond donors (Lipinski definition) is 2. The van der Waals surface area contributed by atoms with E-state index < -0.39 is 17.4 Å². The number of esters is 1. The Balaban J connectivity index is 2.28. The number of aliphatic hydroxyl groups excluding tert-OH is 1. The first-order valence-corrected chi connectivity index (χ1v) is 8.39. The van der Waals surface area contributed by atoms with E-state index in [0.29, 0.717) is 0 Å². The SMILES string of the molecule is COC(=O)C1=C(Nc2ccc(SC(F)(F)F)c(Cl)c2)C(=O)N(CCO)C1. The van der Waals surface area contributed by atoms with Crippen LogP contribution in [-0.4, -0.2) is 54.2 Å². The molecule has 2 N–H and O–H groups in total. The van der Waals surface area contributed by atoms with Gasteiger partial charge in [-0.05, 0) is 30.0 Å². The van der Waals surface area contributed by atoms with E-state index in [2.05, 4.69) is 10.1 Å². The quantitative estimate of drug-likeness (QED) is 0.554. The number of aliphatic hydroxyl groups is 1. The molecule has 1 heterocycles. The first-order chi connectivity index (χ1) is 12.2. The Bertz CT molecular complexity index is 755. The number of alkyl halides is 3. The number of anilines is 1. The second-order valence-corrected chi connectivity index (χ2v) is 6.63. The van der Waals surface area contributed by atoms with E-state index in [-0.39, 0.29) is 58.3 Å². The van der Waals surface area contributed by atoms with Crippen LogP contribution in [0.15, 0.2) is 34.4 Å². The fourth-order valence-corrected chi connectivity index (χ4v) is 3.12. The van der Waals surface area contributed by atoms with Crippen molar-refractivity contribution in [2.45, 2.75) is 10.4 Å². The zero-order chi connectivity index (χ0) is 19.5. The Kier molecular flexibility index (Phi) is 6.43. The summed E-state index contributed by atoms with van der Waals surface area (Å²) in [5, 5.41) is 11.6. The normalized spacial score (nSPS) is 14.8. The van der Waals surface area contributed by atoms with Gasteiger partial charge in [0.15, 0.2) is 0 Å². The maximum Gasteiger partial charge on any atom is 0.446 e. The molecule has 0 saturated heterocycles. The van der Waals surface area contributed by atoms with Gasteiger partial charge in [0.2, 0.25) is 0 Å². The molecule has 0 fully saturated rings. The van der Waals surface area contributed by atoms with Crippen LogP contribution in [0.2, 0.25) is 5.02 Å². The van der Waals surface area contributed by atoms with Crippen LogP contribution < -0.4 is 5.32 Å². The Hall–Kier alpha value is -1.91. The maximum absolute atomic E-state index is 12.5. The number of hydrogen-bond acceptors (Lipinski definition) is 6. The summed E-state index contributed by atoms with van der Waals surface area (Å²) >= 11 is 5.51. The van der Waals surface area contributed by atoms with Crippen LogP contribution in [0.3, 0.4) is 0 Å². The number of nitrogens with one attached hydrogen (secondary N) is 1. The van der Waals surface area contributed by atoms with Gasteiger partial charge in [0, 0.05) is 17.1 Å². The van der Waals surface area contributed by atoms with Crippen molar-refractivity contribution in [3.05, 3.63) is 34.5 Å². The molecule has 11 heteroatoms. The van der Waals surface area contributed by atoms with E-state index in [4.69, 9.17) is 16.7 Å². The minimum absolute atomic E-state index is 0.0203. The summed E-state index contributed by atoms with van der Waals surface area (Å²) in [6.45, 7) is -0.320. The molecule has 142 valence electrons. The lowest BCUT2D eigenvalue weighted by molar-refractivity contribution is -0.136. The Morgan fingerprint density at radius 1 is 1.46 bits per heavy atom. The van der Waals surface area contributed by atoms with Crippen LogP contribution in [-0.2, 0) is 14.3 Å². The summed E-state index contributed by atoms with van der Waals surface area (Å²) in [5.74, 6) is -1.26. The van der Waals surface area contributed by atoms with Crippen molar-refractivity contribution in [2.75, 3.05) is 32.1 Å². The van der Waals surface area contributed by atoms with Gasteiger partial charge in [-0.3, -0.25) is 4.79 Å². The van der Waals surface area contributed by atoms with E-state index in [1.807, 2.05) is 0 Å². The number of carbonyl (C=O) groups is 2. The highest BCUT2D eigenvalue weighted by atomic mass is 35.5. The van der Waals surface area contributed by atoms with Crippen molar-refractivity contribution >= 4 is 40.9 Å². The third kappa shape index (κ3) is 4.83. The Morgan fingerprint density at radius 2 is 2.15 bits per heavy atom. The summed E-state index contributed by atoms with van der Waals surface area (Å²) in [7, 11) is 1.16. The fourth-order valence-electron chi connectivity index (χ4n) is 2.28. The molecule has 2 rings (SSSR count). The van der Waals surface area contributed by atoms with E-state index in [0.717, 1.165) is 13.2 Å². The van der Waals surface area contributed by atoms with Crippen LogP contribution in [0, 0.1) is 0 Å². The maximum atomic E-state index is 12.5. The molecule has 1 aliphatic heterocycles.